The highest BCUT2D eigenvalue weighted by Gasteiger charge is 2.14. The number of hydrogen-bond acceptors (Lipinski definition) is 5. The highest BCUT2D eigenvalue weighted by molar-refractivity contribution is 7.14. The molecule has 4 nitrogen and oxygen atoms in total. The molecule has 5 heteroatoms. The summed E-state index contributed by atoms with van der Waals surface area (Å²) in [6.45, 7) is 1.73. The van der Waals surface area contributed by atoms with Crippen LogP contribution in [0, 0.1) is 0 Å². The molecule has 0 saturated heterocycles. The largest absolute Gasteiger partial charge is 0.493 e. The van der Waals surface area contributed by atoms with E-state index in [9.17, 15) is 0 Å². The average molecular weight is 261 g/mol. The molecular weight excluding hydrogens is 246 g/mol. The van der Waals surface area contributed by atoms with Gasteiger partial charge in [-0.1, -0.05) is 11.3 Å². The van der Waals surface area contributed by atoms with E-state index >= 15 is 0 Å². The van der Waals surface area contributed by atoms with Crippen molar-refractivity contribution >= 4 is 11.3 Å². The summed E-state index contributed by atoms with van der Waals surface area (Å²) < 4.78 is 5.51. The highest BCUT2D eigenvalue weighted by atomic mass is 32.1. The van der Waals surface area contributed by atoms with Crippen molar-refractivity contribution in [3.8, 4) is 16.3 Å². The fourth-order valence-electron chi connectivity index (χ4n) is 2.02. The standard InChI is InChI=1S/C13H15N3OS/c1-14-6-4-12-15-16-13(18-12)10-2-3-11-9(8-10)5-7-17-11/h2-3,8,14H,4-7H2,1H3. The summed E-state index contributed by atoms with van der Waals surface area (Å²) >= 11 is 1.67. The Bertz CT molecular complexity index is 553. The Balaban J connectivity index is 1.83. The fraction of sp³-hybridized carbons (Fsp3) is 0.385. The minimum absolute atomic E-state index is 0.794. The molecule has 0 amide bonds. The zero-order chi connectivity index (χ0) is 12.4. The molecule has 3 rings (SSSR count). The van der Waals surface area contributed by atoms with Crippen molar-refractivity contribution in [2.75, 3.05) is 20.2 Å². The molecule has 0 fully saturated rings. The van der Waals surface area contributed by atoms with Gasteiger partial charge in [-0.15, -0.1) is 10.2 Å². The van der Waals surface area contributed by atoms with Gasteiger partial charge in [0.15, 0.2) is 0 Å². The van der Waals surface area contributed by atoms with Gasteiger partial charge in [0.05, 0.1) is 6.61 Å². The van der Waals surface area contributed by atoms with E-state index in [1.807, 2.05) is 13.1 Å². The van der Waals surface area contributed by atoms with E-state index in [-0.39, 0.29) is 0 Å². The number of rotatable bonds is 4. The third-order valence-corrected chi connectivity index (χ3v) is 4.02. The minimum Gasteiger partial charge on any atom is -0.493 e. The van der Waals surface area contributed by atoms with Crippen molar-refractivity contribution in [2.24, 2.45) is 0 Å². The van der Waals surface area contributed by atoms with Crippen LogP contribution < -0.4 is 10.1 Å². The molecule has 0 spiro atoms. The van der Waals surface area contributed by atoms with Crippen molar-refractivity contribution in [1.82, 2.24) is 15.5 Å². The molecule has 0 bridgehead atoms. The van der Waals surface area contributed by atoms with Gasteiger partial charge in [-0.25, -0.2) is 0 Å². The molecule has 0 saturated carbocycles. The van der Waals surface area contributed by atoms with E-state index in [2.05, 4.69) is 27.6 Å². The van der Waals surface area contributed by atoms with Crippen molar-refractivity contribution < 1.29 is 4.74 Å². The molecule has 1 aromatic heterocycles. The molecule has 0 aliphatic carbocycles. The van der Waals surface area contributed by atoms with Gasteiger partial charge in [-0.2, -0.15) is 0 Å². The van der Waals surface area contributed by atoms with Crippen LogP contribution in [0.4, 0.5) is 0 Å². The summed E-state index contributed by atoms with van der Waals surface area (Å²) in [5.74, 6) is 1.01. The van der Waals surface area contributed by atoms with Crippen LogP contribution in [0.5, 0.6) is 5.75 Å². The first-order chi connectivity index (χ1) is 8.86. The maximum absolute atomic E-state index is 5.51. The van der Waals surface area contributed by atoms with Crippen LogP contribution in [0.15, 0.2) is 18.2 Å². The average Bonchev–Trinajstić information content (AvgIpc) is 3.04. The highest BCUT2D eigenvalue weighted by Crippen LogP contribution is 2.31. The number of hydrogen-bond donors (Lipinski definition) is 1. The van der Waals surface area contributed by atoms with Gasteiger partial charge in [0.25, 0.3) is 0 Å². The Morgan fingerprint density at radius 1 is 1.39 bits per heavy atom. The van der Waals surface area contributed by atoms with Crippen LogP contribution in [0.25, 0.3) is 10.6 Å². The first kappa shape index (κ1) is 11.6. The Morgan fingerprint density at radius 3 is 3.22 bits per heavy atom. The maximum Gasteiger partial charge on any atom is 0.147 e. The van der Waals surface area contributed by atoms with Gasteiger partial charge in [0.1, 0.15) is 15.8 Å². The Labute approximate surface area is 110 Å². The lowest BCUT2D eigenvalue weighted by Crippen LogP contribution is -2.09. The van der Waals surface area contributed by atoms with Crippen molar-refractivity contribution in [3.05, 3.63) is 28.8 Å². The number of aromatic nitrogens is 2. The summed E-state index contributed by atoms with van der Waals surface area (Å²) in [5.41, 5.74) is 2.42. The van der Waals surface area contributed by atoms with E-state index < -0.39 is 0 Å². The fourth-order valence-corrected chi connectivity index (χ4v) is 2.86. The lowest BCUT2D eigenvalue weighted by Gasteiger charge is -2.00. The quantitative estimate of drug-likeness (QED) is 0.913. The van der Waals surface area contributed by atoms with E-state index in [1.54, 1.807) is 11.3 Å². The van der Waals surface area contributed by atoms with Gasteiger partial charge in [0.2, 0.25) is 0 Å². The lowest BCUT2D eigenvalue weighted by atomic mass is 10.1. The molecule has 0 unspecified atom stereocenters. The number of nitrogens with zero attached hydrogens (tertiary/aromatic N) is 2. The van der Waals surface area contributed by atoms with Crippen LogP contribution in [-0.2, 0) is 12.8 Å². The smallest absolute Gasteiger partial charge is 0.147 e. The third-order valence-electron chi connectivity index (χ3n) is 2.99. The molecule has 1 aliphatic heterocycles. The second-order valence-electron chi connectivity index (χ2n) is 4.28. The Morgan fingerprint density at radius 2 is 2.33 bits per heavy atom. The zero-order valence-electron chi connectivity index (χ0n) is 10.3. The monoisotopic (exact) mass is 261 g/mol. The number of nitrogens with one attached hydrogen (secondary N) is 1. The van der Waals surface area contributed by atoms with E-state index in [0.717, 1.165) is 47.3 Å². The lowest BCUT2D eigenvalue weighted by molar-refractivity contribution is 0.357. The Hall–Kier alpha value is -1.46. The zero-order valence-corrected chi connectivity index (χ0v) is 11.1. The Kier molecular flexibility index (Phi) is 3.25. The van der Waals surface area contributed by atoms with Crippen molar-refractivity contribution in [1.29, 1.82) is 0 Å². The summed E-state index contributed by atoms with van der Waals surface area (Å²) in [5, 5.41) is 13.7. The number of fused-ring (bicyclic) bond motifs is 1. The molecule has 94 valence electrons. The summed E-state index contributed by atoms with van der Waals surface area (Å²) in [4.78, 5) is 0. The van der Waals surface area contributed by atoms with Crippen LogP contribution >= 0.6 is 11.3 Å². The number of benzene rings is 1. The van der Waals surface area contributed by atoms with E-state index in [1.165, 1.54) is 5.56 Å². The van der Waals surface area contributed by atoms with Gasteiger partial charge in [0, 0.05) is 24.9 Å². The number of ether oxygens (including phenoxy) is 1. The van der Waals surface area contributed by atoms with Crippen LogP contribution in [0.3, 0.4) is 0 Å². The second-order valence-corrected chi connectivity index (χ2v) is 5.34. The summed E-state index contributed by atoms with van der Waals surface area (Å²) in [7, 11) is 1.95. The van der Waals surface area contributed by atoms with Gasteiger partial charge in [-0.05, 0) is 30.8 Å². The molecule has 2 heterocycles. The summed E-state index contributed by atoms with van der Waals surface area (Å²) in [6, 6.07) is 6.27. The van der Waals surface area contributed by atoms with Gasteiger partial charge >= 0.3 is 0 Å². The first-order valence-corrected chi connectivity index (χ1v) is 6.91. The van der Waals surface area contributed by atoms with Crippen LogP contribution in [-0.4, -0.2) is 30.4 Å². The van der Waals surface area contributed by atoms with Crippen molar-refractivity contribution in [3.63, 3.8) is 0 Å². The molecule has 1 aliphatic rings. The number of likely N-dealkylation sites (N-methyl/N-ethyl adjacent to an activating group) is 1. The summed E-state index contributed by atoms with van der Waals surface area (Å²) in [6.07, 6.45) is 1.93. The van der Waals surface area contributed by atoms with Crippen LogP contribution in [0.1, 0.15) is 10.6 Å². The van der Waals surface area contributed by atoms with E-state index in [4.69, 9.17) is 4.74 Å². The molecule has 0 radical (unpaired) electrons. The molecule has 1 aromatic carbocycles. The topological polar surface area (TPSA) is 47.0 Å². The molecule has 1 N–H and O–H groups in total. The minimum atomic E-state index is 0.794. The molecule has 2 aromatic rings. The predicted octanol–water partition coefficient (Wildman–Crippen LogP) is 1.90. The molecule has 0 atom stereocenters. The van der Waals surface area contributed by atoms with E-state index in [0.29, 0.717) is 0 Å². The third kappa shape index (κ3) is 2.23. The van der Waals surface area contributed by atoms with Crippen molar-refractivity contribution in [2.45, 2.75) is 12.8 Å². The SMILES string of the molecule is CNCCc1nnc(-c2ccc3c(c2)CCO3)s1. The second kappa shape index (κ2) is 5.04. The normalized spacial score (nSPS) is 13.4. The predicted molar refractivity (Wildman–Crippen MR) is 72.2 cm³/mol. The maximum atomic E-state index is 5.51. The van der Waals surface area contributed by atoms with Gasteiger partial charge < -0.3 is 10.1 Å². The molecule has 18 heavy (non-hydrogen) atoms. The van der Waals surface area contributed by atoms with Crippen LogP contribution in [0.2, 0.25) is 0 Å². The van der Waals surface area contributed by atoms with Gasteiger partial charge in [-0.3, -0.25) is 0 Å². The first-order valence-electron chi connectivity index (χ1n) is 6.10. The molecular formula is C13H15N3OS.